The molecule has 0 amide bonds. The molecular formula is C9H7F3N4O2S. The average molecular weight is 292 g/mol. The van der Waals surface area contributed by atoms with Crippen LogP contribution in [0, 0.1) is 0 Å². The zero-order valence-electron chi connectivity index (χ0n) is 9.56. The van der Waals surface area contributed by atoms with Crippen LogP contribution in [-0.2, 0) is 21.1 Å². The summed E-state index contributed by atoms with van der Waals surface area (Å²) in [6.07, 6.45) is -3.59. The lowest BCUT2D eigenvalue weighted by atomic mass is 10.1. The highest BCUT2D eigenvalue weighted by Crippen LogP contribution is 2.50. The minimum Gasteiger partial charge on any atom is -0.468 e. The summed E-state index contributed by atoms with van der Waals surface area (Å²) in [4.78, 5) is 11.7. The Labute approximate surface area is 108 Å². The molecule has 0 radical (unpaired) electrons. The maximum absolute atomic E-state index is 12.6. The van der Waals surface area contributed by atoms with Gasteiger partial charge in [0.2, 0.25) is 4.96 Å². The van der Waals surface area contributed by atoms with Crippen molar-refractivity contribution in [3.05, 3.63) is 10.8 Å². The molecule has 0 saturated heterocycles. The molecule has 2 aromatic rings. The predicted molar refractivity (Wildman–Crippen MR) is 56.6 cm³/mol. The number of alkyl halides is 3. The van der Waals surface area contributed by atoms with E-state index in [-0.39, 0.29) is 9.97 Å². The number of halogens is 3. The number of nitrogens with zero attached hydrogens (tertiary/aromatic N) is 4. The van der Waals surface area contributed by atoms with Crippen molar-refractivity contribution in [2.45, 2.75) is 24.4 Å². The van der Waals surface area contributed by atoms with Gasteiger partial charge >= 0.3 is 12.1 Å². The molecule has 3 rings (SSSR count). The van der Waals surface area contributed by atoms with Crippen LogP contribution in [0.3, 0.4) is 0 Å². The van der Waals surface area contributed by atoms with E-state index in [4.69, 9.17) is 0 Å². The second-order valence-corrected chi connectivity index (χ2v) is 5.15. The molecule has 6 nitrogen and oxygen atoms in total. The van der Waals surface area contributed by atoms with E-state index >= 15 is 0 Å². The third kappa shape index (κ3) is 1.70. The largest absolute Gasteiger partial charge is 0.468 e. The first-order valence-electron chi connectivity index (χ1n) is 5.27. The number of carbonyl (C=O) groups excluding carboxylic acids is 1. The Hall–Kier alpha value is -1.71. The van der Waals surface area contributed by atoms with Crippen molar-refractivity contribution in [2.24, 2.45) is 0 Å². The Morgan fingerprint density at radius 3 is 2.63 bits per heavy atom. The molecule has 0 bridgehead atoms. The first kappa shape index (κ1) is 12.3. The molecule has 19 heavy (non-hydrogen) atoms. The quantitative estimate of drug-likeness (QED) is 0.783. The van der Waals surface area contributed by atoms with Crippen LogP contribution in [0.15, 0.2) is 0 Å². The Morgan fingerprint density at radius 2 is 2.11 bits per heavy atom. The average Bonchev–Trinajstić information content (AvgIpc) is 2.86. The zero-order chi connectivity index (χ0) is 13.8. The molecule has 10 heteroatoms. The van der Waals surface area contributed by atoms with Crippen molar-refractivity contribution >= 4 is 22.3 Å². The number of esters is 1. The maximum atomic E-state index is 12.6. The molecule has 2 heterocycles. The lowest BCUT2D eigenvalue weighted by Crippen LogP contribution is -2.22. The fourth-order valence-electron chi connectivity index (χ4n) is 1.81. The Morgan fingerprint density at radius 1 is 1.42 bits per heavy atom. The molecule has 0 unspecified atom stereocenters. The van der Waals surface area contributed by atoms with Crippen LogP contribution in [-0.4, -0.2) is 32.9 Å². The summed E-state index contributed by atoms with van der Waals surface area (Å²) in [6.45, 7) is 0. The fourth-order valence-corrected chi connectivity index (χ4v) is 2.89. The molecule has 0 aliphatic heterocycles. The van der Waals surface area contributed by atoms with E-state index < -0.39 is 23.4 Å². The zero-order valence-corrected chi connectivity index (χ0v) is 10.4. The minimum absolute atomic E-state index is 0.0116. The number of aromatic nitrogens is 4. The molecular weight excluding hydrogens is 285 g/mol. The smallest absolute Gasteiger partial charge is 0.453 e. The van der Waals surface area contributed by atoms with Gasteiger partial charge in [0.15, 0.2) is 0 Å². The van der Waals surface area contributed by atoms with Gasteiger partial charge in [-0.25, -0.2) is 0 Å². The SMILES string of the molecule is COC(=O)C1(c2nn3c(C(F)(F)F)nnc3s2)CC1. The van der Waals surface area contributed by atoms with Gasteiger partial charge in [0.05, 0.1) is 7.11 Å². The molecule has 0 atom stereocenters. The van der Waals surface area contributed by atoms with Crippen LogP contribution in [0.25, 0.3) is 4.96 Å². The summed E-state index contributed by atoms with van der Waals surface area (Å²) >= 11 is 0.925. The van der Waals surface area contributed by atoms with Crippen molar-refractivity contribution in [2.75, 3.05) is 7.11 Å². The number of fused-ring (bicyclic) bond motifs is 1. The van der Waals surface area contributed by atoms with Crippen molar-refractivity contribution in [3.8, 4) is 0 Å². The number of rotatable bonds is 2. The molecule has 2 aromatic heterocycles. The lowest BCUT2D eigenvalue weighted by Gasteiger charge is -2.07. The first-order valence-corrected chi connectivity index (χ1v) is 6.08. The Balaban J connectivity index is 2.09. The van der Waals surface area contributed by atoms with Crippen molar-refractivity contribution in [3.63, 3.8) is 0 Å². The molecule has 0 N–H and O–H groups in total. The van der Waals surface area contributed by atoms with Crippen LogP contribution in [0.2, 0.25) is 0 Å². The summed E-state index contributed by atoms with van der Waals surface area (Å²) in [6, 6.07) is 0. The summed E-state index contributed by atoms with van der Waals surface area (Å²) in [5, 5.41) is 10.6. The highest BCUT2D eigenvalue weighted by Gasteiger charge is 2.56. The summed E-state index contributed by atoms with van der Waals surface area (Å²) in [7, 11) is 1.24. The highest BCUT2D eigenvalue weighted by atomic mass is 32.1. The van der Waals surface area contributed by atoms with Crippen LogP contribution in [0.1, 0.15) is 23.7 Å². The maximum Gasteiger partial charge on any atom is 0.453 e. The van der Waals surface area contributed by atoms with Gasteiger partial charge in [-0.05, 0) is 12.8 Å². The van der Waals surface area contributed by atoms with E-state index in [0.29, 0.717) is 17.4 Å². The van der Waals surface area contributed by atoms with E-state index in [1.165, 1.54) is 7.11 Å². The van der Waals surface area contributed by atoms with Gasteiger partial charge in [-0.15, -0.1) is 10.2 Å². The topological polar surface area (TPSA) is 69.4 Å². The second kappa shape index (κ2) is 3.65. The number of hydrogen-bond donors (Lipinski definition) is 0. The van der Waals surface area contributed by atoms with E-state index in [1.54, 1.807) is 0 Å². The van der Waals surface area contributed by atoms with E-state index in [9.17, 15) is 18.0 Å². The standard InChI is InChI=1S/C9H7F3N4O2S/c1-18-6(17)8(2-3-8)5-15-16-4(9(10,11)12)13-14-7(16)19-5/h2-3H2,1H3. The first-order chi connectivity index (χ1) is 8.88. The van der Waals surface area contributed by atoms with E-state index in [1.807, 2.05) is 0 Å². The molecule has 1 saturated carbocycles. The lowest BCUT2D eigenvalue weighted by molar-refractivity contribution is -0.146. The van der Waals surface area contributed by atoms with Gasteiger partial charge in [-0.1, -0.05) is 11.3 Å². The van der Waals surface area contributed by atoms with Gasteiger partial charge < -0.3 is 4.74 Å². The third-order valence-corrected chi connectivity index (χ3v) is 4.08. The molecule has 0 aromatic carbocycles. The van der Waals surface area contributed by atoms with Crippen molar-refractivity contribution < 1.29 is 22.7 Å². The summed E-state index contributed by atoms with van der Waals surface area (Å²) < 4.78 is 43.2. The van der Waals surface area contributed by atoms with Gasteiger partial charge in [0.25, 0.3) is 5.82 Å². The molecule has 1 aliphatic carbocycles. The number of carbonyl (C=O) groups is 1. The van der Waals surface area contributed by atoms with E-state index in [0.717, 1.165) is 11.3 Å². The molecule has 1 fully saturated rings. The Kier molecular flexibility index (Phi) is 2.37. The van der Waals surface area contributed by atoms with Crippen LogP contribution >= 0.6 is 11.3 Å². The van der Waals surface area contributed by atoms with Crippen molar-refractivity contribution in [1.82, 2.24) is 19.8 Å². The highest BCUT2D eigenvalue weighted by molar-refractivity contribution is 7.17. The Bertz CT molecular complexity index is 658. The van der Waals surface area contributed by atoms with Crippen LogP contribution < -0.4 is 0 Å². The molecule has 0 spiro atoms. The van der Waals surface area contributed by atoms with Gasteiger partial charge in [0.1, 0.15) is 10.4 Å². The monoisotopic (exact) mass is 292 g/mol. The third-order valence-electron chi connectivity index (χ3n) is 2.98. The van der Waals surface area contributed by atoms with Gasteiger partial charge in [-0.3, -0.25) is 4.79 Å². The second-order valence-electron chi connectivity index (χ2n) is 4.20. The van der Waals surface area contributed by atoms with Gasteiger partial charge in [0, 0.05) is 0 Å². The van der Waals surface area contributed by atoms with E-state index in [2.05, 4.69) is 20.0 Å². The van der Waals surface area contributed by atoms with Crippen LogP contribution in [0.5, 0.6) is 0 Å². The number of hydrogen-bond acceptors (Lipinski definition) is 6. The normalized spacial score (nSPS) is 17.7. The van der Waals surface area contributed by atoms with Crippen molar-refractivity contribution in [1.29, 1.82) is 0 Å². The number of ether oxygens (including phenoxy) is 1. The molecule has 102 valence electrons. The van der Waals surface area contributed by atoms with Crippen LogP contribution in [0.4, 0.5) is 13.2 Å². The van der Waals surface area contributed by atoms with Gasteiger partial charge in [-0.2, -0.15) is 22.8 Å². The minimum atomic E-state index is -4.63. The molecule has 1 aliphatic rings. The summed E-state index contributed by atoms with van der Waals surface area (Å²) in [5.74, 6) is -1.67. The summed E-state index contributed by atoms with van der Waals surface area (Å²) in [5.41, 5.74) is -0.900. The fraction of sp³-hybridized carbons (Fsp3) is 0.556. The number of methoxy groups -OCH3 is 1. The predicted octanol–water partition coefficient (Wildman–Crippen LogP) is 1.41.